The zero-order valence-electron chi connectivity index (χ0n) is 15.7. The molecule has 4 rings (SSSR count). The highest BCUT2D eigenvalue weighted by atomic mass is 32.1. The Balaban J connectivity index is 1.41. The van der Waals surface area contributed by atoms with Gasteiger partial charge in [-0.05, 0) is 61.7 Å². The summed E-state index contributed by atoms with van der Waals surface area (Å²) in [5.41, 5.74) is 2.02. The van der Waals surface area contributed by atoms with Crippen LogP contribution in [0.3, 0.4) is 0 Å². The molecule has 1 heterocycles. The molecule has 7 heteroatoms. The molecule has 2 unspecified atom stereocenters. The van der Waals surface area contributed by atoms with Crippen molar-refractivity contribution in [1.82, 2.24) is 4.98 Å². The third-order valence-electron chi connectivity index (χ3n) is 4.75. The number of anilines is 2. The molecule has 0 spiro atoms. The molecule has 0 radical (unpaired) electrons. The van der Waals surface area contributed by atoms with Gasteiger partial charge < -0.3 is 10.1 Å². The number of nitrogens with zero attached hydrogens (tertiary/aromatic N) is 1. The van der Waals surface area contributed by atoms with Gasteiger partial charge in [0.2, 0.25) is 5.91 Å². The monoisotopic (exact) mass is 395 g/mol. The molecular weight excluding hydrogens is 374 g/mol. The number of carbonyl (C=O) groups excluding carboxylic acids is 2. The summed E-state index contributed by atoms with van der Waals surface area (Å²) < 4.78 is 6.45. The van der Waals surface area contributed by atoms with Crippen molar-refractivity contribution in [3.63, 3.8) is 0 Å². The fourth-order valence-corrected chi connectivity index (χ4v) is 3.90. The number of hydrogen-bond acceptors (Lipinski definition) is 5. The summed E-state index contributed by atoms with van der Waals surface area (Å²) >= 11 is 1.40. The number of amides is 2. The number of carbonyl (C=O) groups is 2. The van der Waals surface area contributed by atoms with Crippen LogP contribution in [0.4, 0.5) is 10.8 Å². The van der Waals surface area contributed by atoms with E-state index in [9.17, 15) is 9.59 Å². The number of aromatic nitrogens is 1. The zero-order valence-corrected chi connectivity index (χ0v) is 16.5. The minimum Gasteiger partial charge on any atom is -0.494 e. The Hall–Kier alpha value is -2.93. The largest absolute Gasteiger partial charge is 0.494 e. The first kappa shape index (κ1) is 18.4. The second-order valence-corrected chi connectivity index (χ2v) is 7.95. The number of nitrogens with one attached hydrogen (secondary N) is 2. The van der Waals surface area contributed by atoms with Crippen LogP contribution in [0.5, 0.6) is 5.75 Å². The molecule has 144 valence electrons. The van der Waals surface area contributed by atoms with E-state index >= 15 is 0 Å². The molecule has 0 saturated heterocycles. The first-order chi connectivity index (χ1) is 13.5. The highest BCUT2D eigenvalue weighted by Crippen LogP contribution is 2.38. The molecule has 0 bridgehead atoms. The van der Waals surface area contributed by atoms with Crippen LogP contribution in [0.1, 0.15) is 30.6 Å². The van der Waals surface area contributed by atoms with Gasteiger partial charge in [0, 0.05) is 17.2 Å². The zero-order chi connectivity index (χ0) is 19.7. The van der Waals surface area contributed by atoms with Gasteiger partial charge in [-0.2, -0.15) is 0 Å². The van der Waals surface area contributed by atoms with Crippen LogP contribution < -0.4 is 15.4 Å². The average molecular weight is 395 g/mol. The molecule has 1 aliphatic rings. The van der Waals surface area contributed by atoms with Crippen LogP contribution in [-0.2, 0) is 4.79 Å². The SMILES string of the molecule is CCOc1ccc2nc(NC(=O)c3ccc(NC(=O)C4CC4C)cc3)sc2c1. The fourth-order valence-electron chi connectivity index (χ4n) is 3.01. The molecule has 2 N–H and O–H groups in total. The summed E-state index contributed by atoms with van der Waals surface area (Å²) in [5, 5.41) is 6.26. The number of rotatable bonds is 6. The minimum absolute atomic E-state index is 0.0469. The van der Waals surface area contributed by atoms with E-state index in [0.717, 1.165) is 22.4 Å². The van der Waals surface area contributed by atoms with Crippen LogP contribution in [0, 0.1) is 11.8 Å². The molecule has 2 amide bonds. The second-order valence-electron chi connectivity index (χ2n) is 6.92. The topological polar surface area (TPSA) is 80.3 Å². The van der Waals surface area contributed by atoms with Crippen molar-refractivity contribution in [3.8, 4) is 5.75 Å². The summed E-state index contributed by atoms with van der Waals surface area (Å²) in [7, 11) is 0. The van der Waals surface area contributed by atoms with Crippen molar-refractivity contribution in [2.45, 2.75) is 20.3 Å². The number of benzene rings is 2. The Morgan fingerprint density at radius 3 is 2.61 bits per heavy atom. The molecule has 0 aliphatic heterocycles. The fraction of sp³-hybridized carbons (Fsp3) is 0.286. The van der Waals surface area contributed by atoms with E-state index in [-0.39, 0.29) is 17.7 Å². The first-order valence-corrected chi connectivity index (χ1v) is 10.1. The summed E-state index contributed by atoms with van der Waals surface area (Å²) in [6, 6.07) is 12.5. The Morgan fingerprint density at radius 1 is 1.18 bits per heavy atom. The van der Waals surface area contributed by atoms with Crippen molar-refractivity contribution in [2.24, 2.45) is 11.8 Å². The Bertz CT molecular complexity index is 1030. The van der Waals surface area contributed by atoms with Gasteiger partial charge in [0.15, 0.2) is 5.13 Å². The van der Waals surface area contributed by atoms with E-state index in [0.29, 0.717) is 28.9 Å². The summed E-state index contributed by atoms with van der Waals surface area (Å²) in [5.74, 6) is 1.17. The normalized spacial score (nSPS) is 17.9. The van der Waals surface area contributed by atoms with Gasteiger partial charge in [-0.3, -0.25) is 14.9 Å². The van der Waals surface area contributed by atoms with Gasteiger partial charge >= 0.3 is 0 Å². The maximum atomic E-state index is 12.5. The van der Waals surface area contributed by atoms with Crippen LogP contribution in [0.2, 0.25) is 0 Å². The Morgan fingerprint density at radius 2 is 1.93 bits per heavy atom. The number of thiazole rings is 1. The van der Waals surface area contributed by atoms with Crippen molar-refractivity contribution >= 4 is 44.2 Å². The van der Waals surface area contributed by atoms with E-state index in [1.165, 1.54) is 11.3 Å². The van der Waals surface area contributed by atoms with Gasteiger partial charge in [-0.1, -0.05) is 18.3 Å². The molecule has 1 aliphatic carbocycles. The Labute approximate surface area is 166 Å². The third kappa shape index (κ3) is 3.99. The van der Waals surface area contributed by atoms with Gasteiger partial charge in [0.25, 0.3) is 5.91 Å². The number of fused-ring (bicyclic) bond motifs is 1. The van der Waals surface area contributed by atoms with Crippen LogP contribution in [-0.4, -0.2) is 23.4 Å². The van der Waals surface area contributed by atoms with Crippen LogP contribution in [0.25, 0.3) is 10.2 Å². The summed E-state index contributed by atoms with van der Waals surface area (Å²) in [4.78, 5) is 28.9. The maximum Gasteiger partial charge on any atom is 0.257 e. The lowest BCUT2D eigenvalue weighted by atomic mass is 10.2. The van der Waals surface area contributed by atoms with Crippen molar-refractivity contribution < 1.29 is 14.3 Å². The molecule has 1 fully saturated rings. The van der Waals surface area contributed by atoms with E-state index in [1.54, 1.807) is 24.3 Å². The van der Waals surface area contributed by atoms with Crippen LogP contribution in [0.15, 0.2) is 42.5 Å². The lowest BCUT2D eigenvalue weighted by Crippen LogP contribution is -2.15. The van der Waals surface area contributed by atoms with Crippen molar-refractivity contribution in [3.05, 3.63) is 48.0 Å². The van der Waals surface area contributed by atoms with E-state index in [4.69, 9.17) is 4.74 Å². The molecule has 2 atom stereocenters. The molecule has 6 nitrogen and oxygen atoms in total. The van der Waals surface area contributed by atoms with Gasteiger partial charge in [-0.15, -0.1) is 0 Å². The maximum absolute atomic E-state index is 12.5. The smallest absolute Gasteiger partial charge is 0.257 e. The molecular formula is C21H21N3O3S. The first-order valence-electron chi connectivity index (χ1n) is 9.29. The highest BCUT2D eigenvalue weighted by molar-refractivity contribution is 7.22. The quantitative estimate of drug-likeness (QED) is 0.642. The lowest BCUT2D eigenvalue weighted by Gasteiger charge is -2.06. The van der Waals surface area contributed by atoms with E-state index in [2.05, 4.69) is 22.5 Å². The third-order valence-corrected chi connectivity index (χ3v) is 5.69. The number of hydrogen-bond donors (Lipinski definition) is 2. The second kappa shape index (κ2) is 7.59. The predicted molar refractivity (Wildman–Crippen MR) is 111 cm³/mol. The molecule has 3 aromatic rings. The summed E-state index contributed by atoms with van der Waals surface area (Å²) in [6.07, 6.45) is 0.945. The van der Waals surface area contributed by atoms with Crippen molar-refractivity contribution in [1.29, 1.82) is 0 Å². The van der Waals surface area contributed by atoms with Crippen LogP contribution >= 0.6 is 11.3 Å². The molecule has 2 aromatic carbocycles. The molecule has 1 saturated carbocycles. The average Bonchev–Trinajstić information content (AvgIpc) is 3.28. The molecule has 1 aromatic heterocycles. The van der Waals surface area contributed by atoms with Crippen molar-refractivity contribution in [2.75, 3.05) is 17.2 Å². The predicted octanol–water partition coefficient (Wildman–Crippen LogP) is 4.54. The minimum atomic E-state index is -0.238. The van der Waals surface area contributed by atoms with Gasteiger partial charge in [-0.25, -0.2) is 4.98 Å². The summed E-state index contributed by atoms with van der Waals surface area (Å²) in [6.45, 7) is 4.60. The number of ether oxygens (including phenoxy) is 1. The van der Waals surface area contributed by atoms with Gasteiger partial charge in [0.1, 0.15) is 5.75 Å². The standard InChI is InChI=1S/C21H21N3O3S/c1-3-27-15-8-9-17-18(11-15)28-21(23-17)24-19(25)13-4-6-14(7-5-13)22-20(26)16-10-12(16)2/h4-9,11-12,16H,3,10H2,1-2H3,(H,22,26)(H,23,24,25). The highest BCUT2D eigenvalue weighted by Gasteiger charge is 2.39. The lowest BCUT2D eigenvalue weighted by molar-refractivity contribution is -0.117. The van der Waals surface area contributed by atoms with E-state index < -0.39 is 0 Å². The molecule has 28 heavy (non-hydrogen) atoms. The Kier molecular flexibility index (Phi) is 5.00. The van der Waals surface area contributed by atoms with E-state index in [1.807, 2.05) is 25.1 Å². The van der Waals surface area contributed by atoms with Gasteiger partial charge in [0.05, 0.1) is 16.8 Å².